The Morgan fingerprint density at radius 2 is 1.86 bits per heavy atom. The number of fused-ring (bicyclic) bond motifs is 1. The fraction of sp³-hybridized carbons (Fsp3) is 0.333. The number of nitrogens with one attached hydrogen (secondary N) is 1. The van der Waals surface area contributed by atoms with Crippen LogP contribution in [0.25, 0.3) is 27.7 Å². The van der Waals surface area contributed by atoms with Crippen LogP contribution in [0.15, 0.2) is 76.9 Å². The summed E-state index contributed by atoms with van der Waals surface area (Å²) in [5, 5.41) is 7.77. The summed E-state index contributed by atoms with van der Waals surface area (Å²) in [5.41, 5.74) is 9.44. The van der Waals surface area contributed by atoms with E-state index in [0.717, 1.165) is 29.8 Å². The van der Waals surface area contributed by atoms with Crippen LogP contribution in [0.5, 0.6) is 0 Å². The summed E-state index contributed by atoms with van der Waals surface area (Å²) < 4.78 is 40.0. The van der Waals surface area contributed by atoms with Crippen molar-refractivity contribution >= 4 is 46.2 Å². The number of benzene rings is 2. The van der Waals surface area contributed by atoms with Crippen LogP contribution in [0.4, 0.5) is 18.9 Å². The molecule has 3 aliphatic heterocycles. The van der Waals surface area contributed by atoms with Gasteiger partial charge in [-0.25, -0.2) is 4.99 Å². The van der Waals surface area contributed by atoms with E-state index in [-0.39, 0.29) is 23.9 Å². The number of nitrogens with zero attached hydrogens (tertiary/aromatic N) is 7. The van der Waals surface area contributed by atoms with E-state index >= 15 is 0 Å². The van der Waals surface area contributed by atoms with Crippen LogP contribution >= 0.6 is 0 Å². The van der Waals surface area contributed by atoms with Crippen LogP contribution in [-0.4, -0.2) is 95.3 Å². The Morgan fingerprint density at radius 1 is 1.06 bits per heavy atom. The molecule has 5 heterocycles. The van der Waals surface area contributed by atoms with Crippen molar-refractivity contribution in [1.29, 1.82) is 0 Å². The summed E-state index contributed by atoms with van der Waals surface area (Å²) >= 11 is 0. The second-order valence-corrected chi connectivity index (χ2v) is 13.0. The highest BCUT2D eigenvalue weighted by molar-refractivity contribution is 6.03. The number of halogens is 3. The molecule has 0 radical (unpaired) electrons. The van der Waals surface area contributed by atoms with E-state index in [1.807, 2.05) is 35.2 Å². The summed E-state index contributed by atoms with van der Waals surface area (Å²) in [7, 11) is 1.63. The minimum absolute atomic E-state index is 0.00296. The largest absolute Gasteiger partial charge is 0.433 e. The Kier molecular flexibility index (Phi) is 8.72. The molecule has 2 aromatic heterocycles. The Labute approximate surface area is 286 Å². The average molecular weight is 684 g/mol. The Bertz CT molecular complexity index is 2040. The first-order valence-corrected chi connectivity index (χ1v) is 16.4. The minimum Gasteiger partial charge on any atom is -0.383 e. The molecule has 0 bridgehead atoms. The normalized spacial score (nSPS) is 20.5. The topological polar surface area (TPSA) is 136 Å². The van der Waals surface area contributed by atoms with Crippen LogP contribution in [0.3, 0.4) is 0 Å². The van der Waals surface area contributed by atoms with Gasteiger partial charge in [-0.05, 0) is 67.3 Å². The van der Waals surface area contributed by atoms with Gasteiger partial charge in [0.25, 0.3) is 0 Å². The van der Waals surface area contributed by atoms with Crippen LogP contribution in [0, 0.1) is 5.41 Å². The molecule has 0 saturated carbocycles. The third-order valence-electron chi connectivity index (χ3n) is 9.91. The van der Waals surface area contributed by atoms with Gasteiger partial charge in [-0.2, -0.15) is 18.3 Å². The highest BCUT2D eigenvalue weighted by Gasteiger charge is 2.51. The van der Waals surface area contributed by atoms with E-state index in [4.69, 9.17) is 5.73 Å². The molecule has 14 heteroatoms. The molecule has 2 saturated heterocycles. The first-order chi connectivity index (χ1) is 24.0. The van der Waals surface area contributed by atoms with Gasteiger partial charge in [-0.3, -0.25) is 29.6 Å². The number of hydrogen-bond acceptors (Lipinski definition) is 6. The molecule has 0 aliphatic carbocycles. The van der Waals surface area contributed by atoms with Gasteiger partial charge in [-0.15, -0.1) is 0 Å². The highest BCUT2D eigenvalue weighted by atomic mass is 19.4. The van der Waals surface area contributed by atoms with Crippen molar-refractivity contribution < 1.29 is 22.8 Å². The van der Waals surface area contributed by atoms with E-state index in [1.54, 1.807) is 24.1 Å². The lowest BCUT2D eigenvalue weighted by Gasteiger charge is -2.29. The van der Waals surface area contributed by atoms with Crippen molar-refractivity contribution in [1.82, 2.24) is 25.0 Å². The zero-order valence-corrected chi connectivity index (χ0v) is 27.5. The number of likely N-dealkylation sites (tertiary alicyclic amines) is 1. The molecule has 3 aliphatic rings. The molecular weight excluding hydrogens is 647 g/mol. The predicted molar refractivity (Wildman–Crippen MR) is 186 cm³/mol. The van der Waals surface area contributed by atoms with Gasteiger partial charge >= 0.3 is 6.18 Å². The number of amides is 2. The fourth-order valence-electron chi connectivity index (χ4n) is 7.16. The Balaban J connectivity index is 0.980. The van der Waals surface area contributed by atoms with Crippen molar-refractivity contribution in [2.24, 2.45) is 21.1 Å². The molecule has 1 spiro atoms. The Hall–Kier alpha value is -5.37. The molecule has 4 aromatic rings. The zero-order chi connectivity index (χ0) is 35.0. The number of nitrogens with two attached hydrogens (primary N) is 1. The van der Waals surface area contributed by atoms with E-state index in [2.05, 4.69) is 36.1 Å². The summed E-state index contributed by atoms with van der Waals surface area (Å²) in [4.78, 5) is 44.3. The van der Waals surface area contributed by atoms with E-state index < -0.39 is 17.3 Å². The van der Waals surface area contributed by atoms with Crippen LogP contribution in [0.2, 0.25) is 0 Å². The van der Waals surface area contributed by atoms with Gasteiger partial charge in [0.15, 0.2) is 0 Å². The third kappa shape index (κ3) is 6.38. The predicted octanol–water partition coefficient (Wildman–Crippen LogP) is 4.75. The number of aliphatic imine (C=N–C) groups is 2. The van der Waals surface area contributed by atoms with Gasteiger partial charge in [0, 0.05) is 61.6 Å². The number of amidine groups is 1. The maximum Gasteiger partial charge on any atom is 0.433 e. The SMILES string of the molecule is CN=CN=C(N)c1ccc(C2=CCN(C(=O)CN3CC[C@]4(CCN(c5ccc6[nH]nc(-c7ccnc(C(F)(F)F)c7)c6c5)C4=O)C3)CC2)cc1. The number of aromatic nitrogens is 3. The number of H-pyrrole nitrogens is 1. The molecule has 7 rings (SSSR count). The molecule has 11 nitrogen and oxygen atoms in total. The molecule has 50 heavy (non-hydrogen) atoms. The quantitative estimate of drug-likeness (QED) is 0.213. The average Bonchev–Trinajstić information content (AvgIpc) is 3.83. The van der Waals surface area contributed by atoms with Gasteiger partial charge < -0.3 is 15.5 Å². The lowest BCUT2D eigenvalue weighted by molar-refractivity contribution is -0.141. The highest BCUT2D eigenvalue weighted by Crippen LogP contribution is 2.43. The van der Waals surface area contributed by atoms with Gasteiger partial charge in [0.05, 0.1) is 17.5 Å². The molecule has 258 valence electrons. The number of carbonyl (C=O) groups is 2. The first kappa shape index (κ1) is 33.1. The lowest BCUT2D eigenvalue weighted by atomic mass is 9.85. The number of hydrogen-bond donors (Lipinski definition) is 2. The standard InChI is InChI=1S/C36H36F3N9O2/c1-41-22-43-33(40)25-4-2-23(3-5-25)24-9-14-47(15-10-24)31(49)20-46-16-11-35(21-46)12-17-48(34(35)50)27-6-7-29-28(19-27)32(45-44-29)26-8-13-42-30(18-26)36(37,38)39/h2-9,13,18-19,22H,10-12,14-17,20-21H2,1H3,(H,44,45)(H2,40,41,43)/t35-/m0/s1. The van der Waals surface area contributed by atoms with Crippen molar-refractivity contribution in [2.75, 3.05) is 51.2 Å². The van der Waals surface area contributed by atoms with Crippen LogP contribution in [0.1, 0.15) is 36.1 Å². The van der Waals surface area contributed by atoms with Gasteiger partial charge in [-0.1, -0.05) is 30.3 Å². The van der Waals surface area contributed by atoms with E-state index in [0.29, 0.717) is 73.7 Å². The molecule has 1 atom stereocenters. The van der Waals surface area contributed by atoms with Gasteiger partial charge in [0.2, 0.25) is 11.8 Å². The molecule has 2 aromatic carbocycles. The monoisotopic (exact) mass is 683 g/mol. The number of anilines is 1. The van der Waals surface area contributed by atoms with Crippen molar-refractivity contribution in [3.05, 3.63) is 83.7 Å². The molecular formula is C36H36F3N9O2. The van der Waals surface area contributed by atoms with Gasteiger partial charge in [0.1, 0.15) is 23.6 Å². The maximum atomic E-state index is 13.9. The van der Waals surface area contributed by atoms with Crippen molar-refractivity contribution in [2.45, 2.75) is 25.4 Å². The number of aromatic amines is 1. The number of rotatable bonds is 7. The van der Waals surface area contributed by atoms with E-state index in [9.17, 15) is 22.8 Å². The number of alkyl halides is 3. The summed E-state index contributed by atoms with van der Waals surface area (Å²) in [6.45, 7) is 3.06. The first-order valence-electron chi connectivity index (χ1n) is 16.4. The molecule has 0 unspecified atom stereocenters. The lowest BCUT2D eigenvalue weighted by Crippen LogP contribution is -2.43. The van der Waals surface area contributed by atoms with Crippen molar-refractivity contribution in [3.8, 4) is 11.3 Å². The summed E-state index contributed by atoms with van der Waals surface area (Å²) in [5.74, 6) is 0.440. The smallest absolute Gasteiger partial charge is 0.383 e. The number of carbonyl (C=O) groups excluding carboxylic acids is 2. The minimum atomic E-state index is -4.58. The zero-order valence-electron chi connectivity index (χ0n) is 27.5. The van der Waals surface area contributed by atoms with E-state index in [1.165, 1.54) is 18.0 Å². The molecule has 3 N–H and O–H groups in total. The second kappa shape index (κ2) is 13.2. The van der Waals surface area contributed by atoms with Crippen LogP contribution in [-0.2, 0) is 15.8 Å². The fourth-order valence-corrected chi connectivity index (χ4v) is 7.16. The third-order valence-corrected chi connectivity index (χ3v) is 9.91. The van der Waals surface area contributed by atoms with Crippen LogP contribution < -0.4 is 10.6 Å². The number of pyridine rings is 1. The summed E-state index contributed by atoms with van der Waals surface area (Å²) in [6.07, 6.45) is 2.09. The molecule has 2 amide bonds. The van der Waals surface area contributed by atoms with Crippen molar-refractivity contribution in [3.63, 3.8) is 0 Å². The Morgan fingerprint density at radius 3 is 2.60 bits per heavy atom. The molecule has 2 fully saturated rings. The summed E-state index contributed by atoms with van der Waals surface area (Å²) in [6, 6.07) is 15.7. The maximum absolute atomic E-state index is 13.9. The second-order valence-electron chi connectivity index (χ2n) is 13.0.